The zero-order chi connectivity index (χ0) is 15.1. The van der Waals surface area contributed by atoms with Crippen molar-refractivity contribution < 1.29 is 4.74 Å². The van der Waals surface area contributed by atoms with Gasteiger partial charge in [0.05, 0.1) is 7.11 Å². The van der Waals surface area contributed by atoms with Gasteiger partial charge in [-0.2, -0.15) is 0 Å². The van der Waals surface area contributed by atoms with E-state index in [2.05, 4.69) is 25.3 Å². The van der Waals surface area contributed by atoms with Crippen LogP contribution in [0.15, 0.2) is 72.8 Å². The number of ether oxygens (including phenoxy) is 1. The van der Waals surface area contributed by atoms with Crippen LogP contribution in [-0.2, 0) is 0 Å². The summed E-state index contributed by atoms with van der Waals surface area (Å²) in [6.45, 7) is 5.92. The molecular formula is C20H18O. The Morgan fingerprint density at radius 3 is 2.29 bits per heavy atom. The Bertz CT molecular complexity index is 695. The molecule has 0 spiro atoms. The predicted molar refractivity (Wildman–Crippen MR) is 89.1 cm³/mol. The Morgan fingerprint density at radius 2 is 1.71 bits per heavy atom. The monoisotopic (exact) mass is 274 g/mol. The molecule has 1 nitrogen and oxygen atoms in total. The molecule has 0 unspecified atom stereocenters. The number of allylic oxidation sites excluding steroid dienone is 3. The van der Waals surface area contributed by atoms with Crippen LogP contribution in [0.4, 0.5) is 0 Å². The zero-order valence-electron chi connectivity index (χ0n) is 12.4. The Morgan fingerprint density at radius 1 is 1.05 bits per heavy atom. The third-order valence-electron chi connectivity index (χ3n) is 3.25. The summed E-state index contributed by atoms with van der Waals surface area (Å²) in [5, 5.41) is 0. The molecule has 0 aliphatic heterocycles. The SMILES string of the molecule is C=C/C(C#Cc1ccccc1)=C(/C)c1ccc(OC)cc1. The maximum Gasteiger partial charge on any atom is 0.118 e. The molecule has 0 fully saturated rings. The van der Waals surface area contributed by atoms with Crippen molar-refractivity contribution in [2.24, 2.45) is 0 Å². The minimum Gasteiger partial charge on any atom is -0.497 e. The second kappa shape index (κ2) is 7.17. The maximum absolute atomic E-state index is 5.18. The average Bonchev–Trinajstić information content (AvgIpc) is 2.56. The first-order valence-electron chi connectivity index (χ1n) is 6.79. The molecule has 2 rings (SSSR count). The fourth-order valence-electron chi connectivity index (χ4n) is 1.96. The highest BCUT2D eigenvalue weighted by Gasteiger charge is 2.00. The average molecular weight is 274 g/mol. The molecule has 21 heavy (non-hydrogen) atoms. The van der Waals surface area contributed by atoms with Gasteiger partial charge >= 0.3 is 0 Å². The van der Waals surface area contributed by atoms with Crippen molar-refractivity contribution in [2.75, 3.05) is 7.11 Å². The van der Waals surface area contributed by atoms with E-state index in [-0.39, 0.29) is 0 Å². The van der Waals surface area contributed by atoms with Crippen LogP contribution in [0.25, 0.3) is 5.57 Å². The van der Waals surface area contributed by atoms with Gasteiger partial charge in [0.15, 0.2) is 0 Å². The van der Waals surface area contributed by atoms with E-state index in [1.165, 1.54) is 0 Å². The van der Waals surface area contributed by atoms with Gasteiger partial charge in [-0.3, -0.25) is 0 Å². The summed E-state index contributed by atoms with van der Waals surface area (Å²) in [7, 11) is 1.66. The van der Waals surface area contributed by atoms with Gasteiger partial charge in [-0.05, 0) is 42.3 Å². The molecule has 2 aromatic carbocycles. The van der Waals surface area contributed by atoms with Crippen LogP contribution in [0.3, 0.4) is 0 Å². The first-order valence-corrected chi connectivity index (χ1v) is 6.79. The molecule has 0 radical (unpaired) electrons. The van der Waals surface area contributed by atoms with Crippen LogP contribution in [0.2, 0.25) is 0 Å². The van der Waals surface area contributed by atoms with Gasteiger partial charge in [-0.25, -0.2) is 0 Å². The first-order chi connectivity index (χ1) is 10.2. The second-order valence-corrected chi connectivity index (χ2v) is 4.59. The van der Waals surface area contributed by atoms with Crippen molar-refractivity contribution in [1.29, 1.82) is 0 Å². The first kappa shape index (κ1) is 14.7. The van der Waals surface area contributed by atoms with Crippen molar-refractivity contribution in [3.8, 4) is 17.6 Å². The molecule has 0 aliphatic rings. The molecule has 0 saturated heterocycles. The van der Waals surface area contributed by atoms with Gasteiger partial charge in [0.25, 0.3) is 0 Å². The molecule has 0 atom stereocenters. The van der Waals surface area contributed by atoms with E-state index in [1.807, 2.05) is 54.6 Å². The molecule has 0 N–H and O–H groups in total. The quantitative estimate of drug-likeness (QED) is 0.582. The normalized spacial score (nSPS) is 11.0. The lowest BCUT2D eigenvalue weighted by molar-refractivity contribution is 0.415. The van der Waals surface area contributed by atoms with Gasteiger partial charge in [-0.15, -0.1) is 0 Å². The maximum atomic E-state index is 5.18. The third kappa shape index (κ3) is 3.87. The largest absolute Gasteiger partial charge is 0.497 e. The van der Waals surface area contributed by atoms with E-state index < -0.39 is 0 Å². The van der Waals surface area contributed by atoms with E-state index >= 15 is 0 Å². The van der Waals surface area contributed by atoms with Gasteiger partial charge < -0.3 is 4.74 Å². The smallest absolute Gasteiger partial charge is 0.118 e. The Hall–Kier alpha value is -2.72. The summed E-state index contributed by atoms with van der Waals surface area (Å²) < 4.78 is 5.18. The minimum atomic E-state index is 0.849. The number of rotatable bonds is 3. The molecule has 0 amide bonds. The molecule has 0 heterocycles. The lowest BCUT2D eigenvalue weighted by Gasteiger charge is -2.05. The molecule has 0 bridgehead atoms. The summed E-state index contributed by atoms with van der Waals surface area (Å²) in [6, 6.07) is 17.9. The summed E-state index contributed by atoms with van der Waals surface area (Å²) >= 11 is 0. The predicted octanol–water partition coefficient (Wildman–Crippen LogP) is 4.71. The van der Waals surface area contributed by atoms with E-state index in [1.54, 1.807) is 13.2 Å². The van der Waals surface area contributed by atoms with E-state index in [9.17, 15) is 0 Å². The Kier molecular flexibility index (Phi) is 5.01. The van der Waals surface area contributed by atoms with Crippen molar-refractivity contribution >= 4 is 5.57 Å². The summed E-state index contributed by atoms with van der Waals surface area (Å²) in [5.41, 5.74) is 4.16. The summed E-state index contributed by atoms with van der Waals surface area (Å²) in [5.74, 6) is 7.21. The number of hydrogen-bond donors (Lipinski definition) is 0. The van der Waals surface area contributed by atoms with E-state index in [0.29, 0.717) is 0 Å². The second-order valence-electron chi connectivity index (χ2n) is 4.59. The minimum absolute atomic E-state index is 0.849. The van der Waals surface area contributed by atoms with Gasteiger partial charge in [0.1, 0.15) is 5.75 Å². The van der Waals surface area contributed by atoms with Crippen LogP contribution in [0, 0.1) is 11.8 Å². The van der Waals surface area contributed by atoms with Gasteiger partial charge in [0, 0.05) is 11.1 Å². The van der Waals surface area contributed by atoms with Crippen molar-refractivity contribution in [2.45, 2.75) is 6.92 Å². The molecule has 0 aliphatic carbocycles. The fraction of sp³-hybridized carbons (Fsp3) is 0.100. The van der Waals surface area contributed by atoms with Crippen LogP contribution in [0.1, 0.15) is 18.1 Å². The molecule has 0 aromatic heterocycles. The van der Waals surface area contributed by atoms with Crippen LogP contribution < -0.4 is 4.74 Å². The van der Waals surface area contributed by atoms with Crippen molar-refractivity contribution in [3.63, 3.8) is 0 Å². The fourth-order valence-corrected chi connectivity index (χ4v) is 1.96. The molecule has 2 aromatic rings. The van der Waals surface area contributed by atoms with E-state index in [0.717, 1.165) is 28.0 Å². The third-order valence-corrected chi connectivity index (χ3v) is 3.25. The molecule has 1 heteroatoms. The van der Waals surface area contributed by atoms with E-state index in [4.69, 9.17) is 4.74 Å². The topological polar surface area (TPSA) is 9.23 Å². The molecule has 104 valence electrons. The van der Waals surface area contributed by atoms with Crippen molar-refractivity contribution in [1.82, 2.24) is 0 Å². The molecule has 0 saturated carbocycles. The lowest BCUT2D eigenvalue weighted by atomic mass is 10.0. The standard InChI is InChI=1S/C20H18O/c1-4-18(11-10-17-8-6-5-7-9-17)16(2)19-12-14-20(21-3)15-13-19/h4-9,12-15H,1H2,2-3H3/b18-16+. The van der Waals surface area contributed by atoms with Crippen molar-refractivity contribution in [3.05, 3.63) is 84.0 Å². The Balaban J connectivity index is 2.33. The van der Waals surface area contributed by atoms with Gasteiger partial charge in [-0.1, -0.05) is 54.8 Å². The van der Waals surface area contributed by atoms with Crippen LogP contribution in [0.5, 0.6) is 5.75 Å². The number of hydrogen-bond acceptors (Lipinski definition) is 1. The Labute approximate surface area is 126 Å². The summed E-state index contributed by atoms with van der Waals surface area (Å²) in [6.07, 6.45) is 1.80. The highest BCUT2D eigenvalue weighted by atomic mass is 16.5. The zero-order valence-corrected chi connectivity index (χ0v) is 12.4. The highest BCUT2D eigenvalue weighted by molar-refractivity contribution is 5.74. The number of methoxy groups -OCH3 is 1. The summed E-state index contributed by atoms with van der Waals surface area (Å²) in [4.78, 5) is 0. The number of benzene rings is 2. The van der Waals surface area contributed by atoms with Crippen LogP contribution in [-0.4, -0.2) is 7.11 Å². The lowest BCUT2D eigenvalue weighted by Crippen LogP contribution is -1.87. The van der Waals surface area contributed by atoms with Gasteiger partial charge in [0.2, 0.25) is 0 Å². The molecular weight excluding hydrogens is 256 g/mol. The highest BCUT2D eigenvalue weighted by Crippen LogP contribution is 2.21. The van der Waals surface area contributed by atoms with Crippen LogP contribution >= 0.6 is 0 Å².